The van der Waals surface area contributed by atoms with Crippen LogP contribution in [0, 0.1) is 0 Å². The third-order valence-corrected chi connectivity index (χ3v) is 2.83. The van der Waals surface area contributed by atoms with Crippen molar-refractivity contribution < 1.29 is 9.59 Å². The van der Waals surface area contributed by atoms with Gasteiger partial charge < -0.3 is 21.7 Å². The molecule has 0 heterocycles. The first kappa shape index (κ1) is 15.8. The van der Waals surface area contributed by atoms with Gasteiger partial charge in [0.2, 0.25) is 5.91 Å². The Kier molecular flexibility index (Phi) is 5.83. The van der Waals surface area contributed by atoms with Gasteiger partial charge in [-0.15, -0.1) is 0 Å². The molecule has 0 aliphatic carbocycles. The second-order valence-corrected chi connectivity index (χ2v) is 4.54. The number of nitrogens with one attached hydrogen (secondary N) is 3. The number of rotatable bonds is 6. The summed E-state index contributed by atoms with van der Waals surface area (Å²) in [5.41, 5.74) is 7.26. The van der Waals surface area contributed by atoms with E-state index in [1.54, 1.807) is 32.2 Å². The van der Waals surface area contributed by atoms with Crippen LogP contribution in [-0.4, -0.2) is 31.4 Å². The van der Waals surface area contributed by atoms with E-state index in [1.807, 2.05) is 6.92 Å². The van der Waals surface area contributed by atoms with Crippen LogP contribution in [0.5, 0.6) is 0 Å². The first-order chi connectivity index (χ1) is 9.49. The Morgan fingerprint density at radius 1 is 1.35 bits per heavy atom. The molecule has 0 saturated carbocycles. The lowest BCUT2D eigenvalue weighted by atomic mass is 10.1. The lowest BCUT2D eigenvalue weighted by molar-refractivity contribution is -0.121. The van der Waals surface area contributed by atoms with E-state index < -0.39 is 6.04 Å². The normalized spacial score (nSPS) is 11.6. The molecule has 0 aromatic heterocycles. The van der Waals surface area contributed by atoms with Crippen LogP contribution in [0.25, 0.3) is 0 Å². The second-order valence-electron chi connectivity index (χ2n) is 4.54. The molecule has 1 aromatic carbocycles. The number of anilines is 2. The number of hydrogen-bond donors (Lipinski definition) is 4. The molecule has 0 bridgehead atoms. The van der Waals surface area contributed by atoms with Crippen LogP contribution in [0.1, 0.15) is 30.6 Å². The molecule has 0 radical (unpaired) electrons. The van der Waals surface area contributed by atoms with Crippen LogP contribution >= 0.6 is 0 Å². The Bertz CT molecular complexity index is 488. The van der Waals surface area contributed by atoms with E-state index in [4.69, 9.17) is 5.73 Å². The Morgan fingerprint density at radius 3 is 2.65 bits per heavy atom. The topological polar surface area (TPSA) is 96.2 Å². The molecule has 2 amide bonds. The Balaban J connectivity index is 2.87. The number of hydrogen-bond acceptors (Lipinski definition) is 4. The highest BCUT2D eigenvalue weighted by atomic mass is 16.2. The summed E-state index contributed by atoms with van der Waals surface area (Å²) in [5.74, 6) is -0.342. The smallest absolute Gasteiger partial charge is 0.253 e. The fourth-order valence-electron chi connectivity index (χ4n) is 1.71. The van der Waals surface area contributed by atoms with Gasteiger partial charge >= 0.3 is 0 Å². The van der Waals surface area contributed by atoms with Crippen LogP contribution in [0.3, 0.4) is 0 Å². The molecule has 20 heavy (non-hydrogen) atoms. The largest absolute Gasteiger partial charge is 0.399 e. The van der Waals surface area contributed by atoms with Crippen LogP contribution in [0.15, 0.2) is 18.2 Å². The molecule has 0 fully saturated rings. The van der Waals surface area contributed by atoms with E-state index >= 15 is 0 Å². The van der Waals surface area contributed by atoms with E-state index in [0.29, 0.717) is 23.5 Å². The second kappa shape index (κ2) is 7.37. The minimum absolute atomic E-state index is 0.114. The first-order valence-corrected chi connectivity index (χ1v) is 6.65. The summed E-state index contributed by atoms with van der Waals surface area (Å²) < 4.78 is 0. The Morgan fingerprint density at radius 2 is 2.05 bits per heavy atom. The zero-order valence-corrected chi connectivity index (χ0v) is 12.1. The van der Waals surface area contributed by atoms with Crippen molar-refractivity contribution >= 4 is 23.2 Å². The Labute approximate surface area is 119 Å². The maximum absolute atomic E-state index is 11.8. The molecular weight excluding hydrogens is 256 g/mol. The van der Waals surface area contributed by atoms with Gasteiger partial charge in [0.05, 0.1) is 5.56 Å². The number of carbonyl (C=O) groups excluding carboxylic acids is 2. The average Bonchev–Trinajstić information content (AvgIpc) is 2.44. The third kappa shape index (κ3) is 4.15. The molecule has 110 valence electrons. The average molecular weight is 278 g/mol. The molecule has 6 heteroatoms. The summed E-state index contributed by atoms with van der Waals surface area (Å²) in [7, 11) is 1.56. The van der Waals surface area contributed by atoms with Gasteiger partial charge in [-0.3, -0.25) is 9.59 Å². The molecule has 5 N–H and O–H groups in total. The lowest BCUT2D eigenvalue weighted by Crippen LogP contribution is -2.38. The third-order valence-electron chi connectivity index (χ3n) is 2.83. The number of amides is 2. The van der Waals surface area contributed by atoms with Gasteiger partial charge in [0.15, 0.2) is 0 Å². The maximum atomic E-state index is 11.8. The van der Waals surface area contributed by atoms with Crippen LogP contribution in [-0.2, 0) is 4.79 Å². The molecular formula is C14H22N4O2. The highest BCUT2D eigenvalue weighted by Gasteiger charge is 2.16. The highest BCUT2D eigenvalue weighted by molar-refractivity contribution is 6.00. The molecule has 6 nitrogen and oxygen atoms in total. The van der Waals surface area contributed by atoms with E-state index in [2.05, 4.69) is 16.0 Å². The van der Waals surface area contributed by atoms with Crippen molar-refractivity contribution in [3.05, 3.63) is 23.8 Å². The molecule has 0 aliphatic rings. The molecule has 0 aliphatic heterocycles. The molecule has 1 aromatic rings. The number of carbonyl (C=O) groups is 2. The summed E-state index contributed by atoms with van der Waals surface area (Å²) in [5, 5.41) is 8.38. The fourth-order valence-corrected chi connectivity index (χ4v) is 1.71. The van der Waals surface area contributed by atoms with Crippen LogP contribution in [0.2, 0.25) is 0 Å². The van der Waals surface area contributed by atoms with Crippen molar-refractivity contribution in [2.45, 2.75) is 26.3 Å². The Hall–Kier alpha value is -2.24. The zero-order valence-electron chi connectivity index (χ0n) is 12.1. The van der Waals surface area contributed by atoms with Crippen molar-refractivity contribution in [2.75, 3.05) is 24.6 Å². The summed E-state index contributed by atoms with van der Waals surface area (Å²) in [4.78, 5) is 23.6. The van der Waals surface area contributed by atoms with Gasteiger partial charge in [0.1, 0.15) is 6.04 Å². The molecule has 1 atom stereocenters. The molecule has 0 saturated heterocycles. The molecule has 1 rings (SSSR count). The fraction of sp³-hybridized carbons (Fsp3) is 0.429. The van der Waals surface area contributed by atoms with E-state index in [1.165, 1.54) is 0 Å². The molecule has 1 unspecified atom stereocenters. The van der Waals surface area contributed by atoms with Crippen molar-refractivity contribution in [3.63, 3.8) is 0 Å². The summed E-state index contributed by atoms with van der Waals surface area (Å²) in [6.07, 6.45) is 0.875. The monoisotopic (exact) mass is 278 g/mol. The number of nitrogens with two attached hydrogens (primary N) is 1. The van der Waals surface area contributed by atoms with Gasteiger partial charge in [-0.2, -0.15) is 0 Å². The van der Waals surface area contributed by atoms with Crippen molar-refractivity contribution in [1.82, 2.24) is 10.6 Å². The quantitative estimate of drug-likeness (QED) is 0.583. The molecule has 0 spiro atoms. The van der Waals surface area contributed by atoms with E-state index in [0.717, 1.165) is 6.42 Å². The SMILES string of the molecule is CCCNC(=O)C(C)Nc1cc(N)ccc1C(=O)NC. The summed E-state index contributed by atoms with van der Waals surface area (Å²) in [6, 6.07) is 4.48. The summed E-state index contributed by atoms with van der Waals surface area (Å²) in [6.45, 7) is 4.35. The van der Waals surface area contributed by atoms with Gasteiger partial charge in [-0.05, 0) is 31.5 Å². The first-order valence-electron chi connectivity index (χ1n) is 6.65. The van der Waals surface area contributed by atoms with Gasteiger partial charge in [0.25, 0.3) is 5.91 Å². The van der Waals surface area contributed by atoms with Gasteiger partial charge in [-0.25, -0.2) is 0 Å². The lowest BCUT2D eigenvalue weighted by Gasteiger charge is -2.17. The minimum atomic E-state index is -0.452. The number of benzene rings is 1. The van der Waals surface area contributed by atoms with Gasteiger partial charge in [-0.1, -0.05) is 6.92 Å². The van der Waals surface area contributed by atoms with E-state index in [-0.39, 0.29) is 11.8 Å². The predicted octanol–water partition coefficient (Wildman–Crippen LogP) is 0.955. The van der Waals surface area contributed by atoms with Gasteiger partial charge in [0, 0.05) is 25.0 Å². The van der Waals surface area contributed by atoms with Crippen LogP contribution in [0.4, 0.5) is 11.4 Å². The standard InChI is InChI=1S/C14H22N4O2/c1-4-7-17-13(19)9(2)18-12-8-10(15)5-6-11(12)14(20)16-3/h5-6,8-9,18H,4,7,15H2,1-3H3,(H,16,20)(H,17,19). The predicted molar refractivity (Wildman–Crippen MR) is 80.6 cm³/mol. The van der Waals surface area contributed by atoms with Crippen LogP contribution < -0.4 is 21.7 Å². The maximum Gasteiger partial charge on any atom is 0.253 e. The van der Waals surface area contributed by atoms with Crippen molar-refractivity contribution in [3.8, 4) is 0 Å². The number of nitrogen functional groups attached to an aromatic ring is 1. The zero-order chi connectivity index (χ0) is 15.1. The summed E-state index contributed by atoms with van der Waals surface area (Å²) >= 11 is 0. The van der Waals surface area contributed by atoms with Crippen molar-refractivity contribution in [1.29, 1.82) is 0 Å². The highest BCUT2D eigenvalue weighted by Crippen LogP contribution is 2.20. The van der Waals surface area contributed by atoms with Crippen molar-refractivity contribution in [2.24, 2.45) is 0 Å². The van der Waals surface area contributed by atoms with E-state index in [9.17, 15) is 9.59 Å². The minimum Gasteiger partial charge on any atom is -0.399 e.